The predicted molar refractivity (Wildman–Crippen MR) is 62.6 cm³/mol. The molecule has 2 aromatic rings. The summed E-state index contributed by atoms with van der Waals surface area (Å²) in [7, 11) is 0. The quantitative estimate of drug-likeness (QED) is 0.795. The van der Waals surface area contributed by atoms with Gasteiger partial charge in [-0.2, -0.15) is 0 Å². The SMILES string of the molecule is Cc1cc(CNCc2ccc(N)c(F)c2)on1. The maximum atomic E-state index is 13.2. The maximum absolute atomic E-state index is 13.2. The molecule has 0 spiro atoms. The van der Waals surface area contributed by atoms with Crippen molar-refractivity contribution >= 4 is 5.69 Å². The molecule has 4 nitrogen and oxygen atoms in total. The fourth-order valence-corrected chi connectivity index (χ4v) is 1.51. The van der Waals surface area contributed by atoms with Gasteiger partial charge >= 0.3 is 0 Å². The molecule has 1 aromatic carbocycles. The summed E-state index contributed by atoms with van der Waals surface area (Å²) < 4.78 is 18.2. The number of nitrogen functional groups attached to an aromatic ring is 1. The number of anilines is 1. The van der Waals surface area contributed by atoms with Crippen LogP contribution in [-0.4, -0.2) is 5.16 Å². The first-order valence-corrected chi connectivity index (χ1v) is 5.32. The third-order valence-electron chi connectivity index (χ3n) is 2.37. The van der Waals surface area contributed by atoms with E-state index in [4.69, 9.17) is 10.3 Å². The predicted octanol–water partition coefficient (Wildman–Crippen LogP) is 1.99. The number of hydrogen-bond acceptors (Lipinski definition) is 4. The molecule has 2 rings (SSSR count). The molecule has 1 aromatic heterocycles. The van der Waals surface area contributed by atoms with Crippen LogP contribution >= 0.6 is 0 Å². The van der Waals surface area contributed by atoms with Crippen LogP contribution in [0.1, 0.15) is 17.0 Å². The van der Waals surface area contributed by atoms with Crippen molar-refractivity contribution in [1.82, 2.24) is 10.5 Å². The summed E-state index contributed by atoms with van der Waals surface area (Å²) in [6.07, 6.45) is 0. The Morgan fingerprint density at radius 1 is 1.35 bits per heavy atom. The molecule has 90 valence electrons. The Balaban J connectivity index is 1.87. The van der Waals surface area contributed by atoms with E-state index in [0.717, 1.165) is 17.0 Å². The van der Waals surface area contributed by atoms with Crippen molar-refractivity contribution in [3.05, 3.63) is 47.1 Å². The lowest BCUT2D eigenvalue weighted by molar-refractivity contribution is 0.369. The summed E-state index contributed by atoms with van der Waals surface area (Å²) in [6, 6.07) is 6.63. The number of halogens is 1. The van der Waals surface area contributed by atoms with Gasteiger partial charge in [-0.15, -0.1) is 0 Å². The van der Waals surface area contributed by atoms with E-state index in [0.29, 0.717) is 13.1 Å². The van der Waals surface area contributed by atoms with Crippen molar-refractivity contribution in [2.24, 2.45) is 0 Å². The lowest BCUT2D eigenvalue weighted by Gasteiger charge is -2.04. The van der Waals surface area contributed by atoms with Gasteiger partial charge in [0, 0.05) is 12.6 Å². The summed E-state index contributed by atoms with van der Waals surface area (Å²) in [5.74, 6) is 0.373. The highest BCUT2D eigenvalue weighted by molar-refractivity contribution is 5.41. The number of benzene rings is 1. The average molecular weight is 235 g/mol. The Morgan fingerprint density at radius 3 is 2.82 bits per heavy atom. The normalized spacial score (nSPS) is 10.7. The highest BCUT2D eigenvalue weighted by Gasteiger charge is 2.02. The first-order valence-electron chi connectivity index (χ1n) is 5.32. The molecule has 0 radical (unpaired) electrons. The van der Waals surface area contributed by atoms with E-state index in [1.165, 1.54) is 6.07 Å². The second-order valence-electron chi connectivity index (χ2n) is 3.89. The lowest BCUT2D eigenvalue weighted by Crippen LogP contribution is -2.12. The molecule has 0 bridgehead atoms. The zero-order chi connectivity index (χ0) is 12.3. The van der Waals surface area contributed by atoms with Crippen LogP contribution in [0.15, 0.2) is 28.8 Å². The van der Waals surface area contributed by atoms with Gasteiger partial charge in [0.05, 0.1) is 17.9 Å². The lowest BCUT2D eigenvalue weighted by atomic mass is 10.2. The van der Waals surface area contributed by atoms with E-state index in [1.54, 1.807) is 12.1 Å². The molecule has 0 saturated heterocycles. The molecule has 3 N–H and O–H groups in total. The van der Waals surface area contributed by atoms with Gasteiger partial charge in [-0.05, 0) is 24.6 Å². The fourth-order valence-electron chi connectivity index (χ4n) is 1.51. The van der Waals surface area contributed by atoms with Gasteiger partial charge in [0.25, 0.3) is 0 Å². The summed E-state index contributed by atoms with van der Waals surface area (Å²) >= 11 is 0. The van der Waals surface area contributed by atoms with Crippen LogP contribution in [0.2, 0.25) is 0 Å². The molecule has 17 heavy (non-hydrogen) atoms. The van der Waals surface area contributed by atoms with Crippen LogP contribution < -0.4 is 11.1 Å². The minimum Gasteiger partial charge on any atom is -0.396 e. The minimum absolute atomic E-state index is 0.166. The number of aryl methyl sites for hydroxylation is 1. The largest absolute Gasteiger partial charge is 0.396 e. The highest BCUT2D eigenvalue weighted by Crippen LogP contribution is 2.11. The topological polar surface area (TPSA) is 64.1 Å². The molecule has 0 fully saturated rings. The Hall–Kier alpha value is -1.88. The third-order valence-corrected chi connectivity index (χ3v) is 2.37. The maximum Gasteiger partial charge on any atom is 0.150 e. The van der Waals surface area contributed by atoms with Crippen molar-refractivity contribution in [1.29, 1.82) is 0 Å². The first kappa shape index (κ1) is 11.6. The van der Waals surface area contributed by atoms with E-state index in [9.17, 15) is 4.39 Å². The van der Waals surface area contributed by atoms with Gasteiger partial charge in [-0.3, -0.25) is 0 Å². The third kappa shape index (κ3) is 3.04. The molecule has 0 saturated carbocycles. The van der Waals surface area contributed by atoms with Gasteiger partial charge in [0.1, 0.15) is 5.82 Å². The molecule has 0 amide bonds. The Morgan fingerprint density at radius 2 is 2.18 bits per heavy atom. The number of nitrogens with two attached hydrogens (primary N) is 1. The Labute approximate surface area is 98.6 Å². The van der Waals surface area contributed by atoms with Crippen molar-refractivity contribution in [3.8, 4) is 0 Å². The molecule has 0 aliphatic carbocycles. The monoisotopic (exact) mass is 235 g/mol. The summed E-state index contributed by atoms with van der Waals surface area (Å²) in [5.41, 5.74) is 7.25. The average Bonchev–Trinajstić information content (AvgIpc) is 2.70. The smallest absolute Gasteiger partial charge is 0.150 e. The first-order chi connectivity index (χ1) is 8.15. The van der Waals surface area contributed by atoms with Gasteiger partial charge in [0.2, 0.25) is 0 Å². The molecule has 5 heteroatoms. The van der Waals surface area contributed by atoms with Gasteiger partial charge in [-0.25, -0.2) is 4.39 Å². The molecular weight excluding hydrogens is 221 g/mol. The van der Waals surface area contributed by atoms with Crippen LogP contribution in [0, 0.1) is 12.7 Å². The molecule has 0 aliphatic rings. The standard InChI is InChI=1S/C12H14FN3O/c1-8-4-10(17-16-8)7-15-6-9-2-3-12(14)11(13)5-9/h2-5,15H,6-7,14H2,1H3. The van der Waals surface area contributed by atoms with Crippen molar-refractivity contribution in [2.45, 2.75) is 20.0 Å². The molecule has 0 aliphatic heterocycles. The summed E-state index contributed by atoms with van der Waals surface area (Å²) in [6.45, 7) is 2.98. The van der Waals surface area contributed by atoms with E-state index < -0.39 is 0 Å². The second kappa shape index (κ2) is 4.97. The van der Waals surface area contributed by atoms with Crippen LogP contribution in [0.5, 0.6) is 0 Å². The number of rotatable bonds is 4. The molecular formula is C12H14FN3O. The summed E-state index contributed by atoms with van der Waals surface area (Å²) in [5, 5.41) is 6.91. The van der Waals surface area contributed by atoms with Gasteiger partial charge < -0.3 is 15.6 Å². The number of nitrogens with zero attached hydrogens (tertiary/aromatic N) is 1. The van der Waals surface area contributed by atoms with E-state index in [2.05, 4.69) is 10.5 Å². The Kier molecular flexibility index (Phi) is 3.39. The zero-order valence-electron chi connectivity index (χ0n) is 9.53. The van der Waals surface area contributed by atoms with E-state index in [1.807, 2.05) is 13.0 Å². The van der Waals surface area contributed by atoms with Crippen LogP contribution in [0.3, 0.4) is 0 Å². The van der Waals surface area contributed by atoms with E-state index >= 15 is 0 Å². The van der Waals surface area contributed by atoms with Gasteiger partial charge in [0.15, 0.2) is 5.76 Å². The van der Waals surface area contributed by atoms with Crippen molar-refractivity contribution in [2.75, 3.05) is 5.73 Å². The Bertz CT molecular complexity index is 510. The van der Waals surface area contributed by atoms with Crippen LogP contribution in [0.4, 0.5) is 10.1 Å². The number of hydrogen-bond donors (Lipinski definition) is 2. The van der Waals surface area contributed by atoms with Crippen LogP contribution in [0.25, 0.3) is 0 Å². The van der Waals surface area contributed by atoms with Crippen LogP contribution in [-0.2, 0) is 13.1 Å². The highest BCUT2D eigenvalue weighted by atomic mass is 19.1. The fraction of sp³-hybridized carbons (Fsp3) is 0.250. The van der Waals surface area contributed by atoms with E-state index in [-0.39, 0.29) is 11.5 Å². The number of nitrogens with one attached hydrogen (secondary N) is 1. The number of aromatic nitrogens is 1. The zero-order valence-corrected chi connectivity index (χ0v) is 9.53. The van der Waals surface area contributed by atoms with Gasteiger partial charge in [-0.1, -0.05) is 11.2 Å². The van der Waals surface area contributed by atoms with Crippen molar-refractivity contribution in [3.63, 3.8) is 0 Å². The molecule has 0 atom stereocenters. The van der Waals surface area contributed by atoms with Crippen molar-refractivity contribution < 1.29 is 8.91 Å². The summed E-state index contributed by atoms with van der Waals surface area (Å²) in [4.78, 5) is 0. The molecule has 0 unspecified atom stereocenters. The minimum atomic E-state index is -0.389. The molecule has 1 heterocycles. The second-order valence-corrected chi connectivity index (χ2v) is 3.89.